The summed E-state index contributed by atoms with van der Waals surface area (Å²) in [5, 5.41) is 15.1. The Kier molecular flexibility index (Phi) is 17.1. The molecule has 4 aliphatic rings. The number of hydroxylamine groups is 1. The molecule has 4 rings (SSSR count). The molecule has 2 saturated heterocycles. The molecule has 4 fully saturated rings. The molecule has 0 radical (unpaired) electrons. The van der Waals surface area contributed by atoms with Crippen molar-refractivity contribution in [2.75, 3.05) is 39.6 Å². The standard InChI is InChI=1S/C21H37NO5.C17H30N2O5/c1-5-6-7-8-17(23)22-20(15-18(24)27-19(2,3)4)9-11-21(12-10-20)16-25-13-14-26-21;1-2-3-4-5-14(20)18-16(12-15(21)19-22)6-8-17(9-7-16)13-23-10-11-24-17/h5-16H2,1-4H3,(H,22,23);22H,2-13H2,1H3,(H,18,20)(H,19,21). The lowest BCUT2D eigenvalue weighted by Crippen LogP contribution is -2.58. The first-order chi connectivity index (χ1) is 24.2. The number of amides is 3. The summed E-state index contributed by atoms with van der Waals surface area (Å²) < 4.78 is 28.6. The smallest absolute Gasteiger partial charge is 0.308 e. The number of carbonyl (C=O) groups excluding carboxylic acids is 4. The van der Waals surface area contributed by atoms with E-state index in [0.29, 0.717) is 78.2 Å². The number of hydrogen-bond donors (Lipinski definition) is 4. The van der Waals surface area contributed by atoms with Gasteiger partial charge in [0.2, 0.25) is 17.7 Å². The molecule has 2 saturated carbocycles. The third kappa shape index (κ3) is 14.6. The van der Waals surface area contributed by atoms with Crippen LogP contribution in [0, 0.1) is 0 Å². The van der Waals surface area contributed by atoms with E-state index in [9.17, 15) is 19.2 Å². The zero-order chi connectivity index (χ0) is 37.4. The monoisotopic (exact) mass is 725 g/mol. The van der Waals surface area contributed by atoms with Crippen LogP contribution in [0.3, 0.4) is 0 Å². The molecular weight excluding hydrogens is 658 g/mol. The summed E-state index contributed by atoms with van der Waals surface area (Å²) in [6, 6.07) is 0. The van der Waals surface area contributed by atoms with Gasteiger partial charge in [-0.3, -0.25) is 24.4 Å². The van der Waals surface area contributed by atoms with Crippen molar-refractivity contribution in [3.63, 3.8) is 0 Å². The fraction of sp³-hybridized carbons (Fsp3) is 0.895. The summed E-state index contributed by atoms with van der Waals surface area (Å²) in [7, 11) is 0. The number of nitrogens with one attached hydrogen (secondary N) is 3. The van der Waals surface area contributed by atoms with Gasteiger partial charge < -0.3 is 34.3 Å². The van der Waals surface area contributed by atoms with Crippen LogP contribution in [0.4, 0.5) is 0 Å². The maximum atomic E-state index is 12.5. The molecule has 0 aromatic heterocycles. The molecular formula is C38H67N3O10. The average molecular weight is 726 g/mol. The van der Waals surface area contributed by atoms with E-state index in [1.54, 1.807) is 5.48 Å². The highest BCUT2D eigenvalue weighted by Crippen LogP contribution is 2.42. The van der Waals surface area contributed by atoms with Gasteiger partial charge in [-0.05, 0) is 85.0 Å². The third-order valence-electron chi connectivity index (χ3n) is 10.6. The van der Waals surface area contributed by atoms with Gasteiger partial charge >= 0.3 is 5.97 Å². The summed E-state index contributed by atoms with van der Waals surface area (Å²) in [4.78, 5) is 49.0. The summed E-state index contributed by atoms with van der Waals surface area (Å²) >= 11 is 0. The minimum absolute atomic E-state index is 0.0223. The van der Waals surface area contributed by atoms with Crippen molar-refractivity contribution in [2.45, 2.75) is 178 Å². The Morgan fingerprint density at radius 2 is 1.06 bits per heavy atom. The number of ether oxygens (including phenoxy) is 5. The molecule has 2 spiro atoms. The molecule has 0 atom stereocenters. The Morgan fingerprint density at radius 3 is 1.41 bits per heavy atom. The van der Waals surface area contributed by atoms with Crippen molar-refractivity contribution in [2.24, 2.45) is 0 Å². The van der Waals surface area contributed by atoms with Crippen molar-refractivity contribution < 1.29 is 48.1 Å². The third-order valence-corrected chi connectivity index (χ3v) is 10.6. The summed E-state index contributed by atoms with van der Waals surface area (Å²) in [6.07, 6.45) is 12.9. The van der Waals surface area contributed by atoms with E-state index in [2.05, 4.69) is 24.5 Å². The van der Waals surface area contributed by atoms with Gasteiger partial charge in [-0.25, -0.2) is 5.48 Å². The Bertz CT molecular complexity index is 1090. The Morgan fingerprint density at radius 1 is 0.627 bits per heavy atom. The average Bonchev–Trinajstić information content (AvgIpc) is 3.08. The number of rotatable bonds is 14. The van der Waals surface area contributed by atoms with Gasteiger partial charge in [0.1, 0.15) is 5.60 Å². The minimum Gasteiger partial charge on any atom is -0.460 e. The summed E-state index contributed by atoms with van der Waals surface area (Å²) in [5.41, 5.74) is -0.542. The SMILES string of the molecule is CCCCCC(=O)NC1(CC(=O)NO)CCC2(CC1)COCCO2.CCCCCC(=O)NC1(CC(=O)OC(C)(C)C)CCC2(CC1)COCCO2. The van der Waals surface area contributed by atoms with Gasteiger partial charge in [0, 0.05) is 18.4 Å². The molecule has 0 aromatic carbocycles. The van der Waals surface area contributed by atoms with Crippen LogP contribution >= 0.6 is 0 Å². The molecule has 2 aliphatic heterocycles. The second kappa shape index (κ2) is 20.2. The van der Waals surface area contributed by atoms with E-state index in [-0.39, 0.29) is 41.8 Å². The zero-order valence-electron chi connectivity index (χ0n) is 32.1. The molecule has 294 valence electrons. The van der Waals surface area contributed by atoms with E-state index in [4.69, 9.17) is 28.9 Å². The molecule has 0 unspecified atom stereocenters. The van der Waals surface area contributed by atoms with Gasteiger partial charge in [-0.1, -0.05) is 39.5 Å². The fourth-order valence-corrected chi connectivity index (χ4v) is 7.66. The molecule has 51 heavy (non-hydrogen) atoms. The molecule has 0 aromatic rings. The topological polar surface area (TPSA) is 171 Å². The molecule has 2 heterocycles. The number of carbonyl (C=O) groups is 4. The molecule has 2 aliphatic carbocycles. The Labute approximate surface area is 305 Å². The molecule has 0 bridgehead atoms. The first-order valence-electron chi connectivity index (χ1n) is 19.4. The quantitative estimate of drug-likeness (QED) is 0.0809. The van der Waals surface area contributed by atoms with Crippen LogP contribution in [0.25, 0.3) is 0 Å². The van der Waals surface area contributed by atoms with Crippen LogP contribution in [0.15, 0.2) is 0 Å². The predicted molar refractivity (Wildman–Crippen MR) is 191 cm³/mol. The van der Waals surface area contributed by atoms with Gasteiger partial charge in [-0.15, -0.1) is 0 Å². The molecule has 3 amide bonds. The van der Waals surface area contributed by atoms with Crippen LogP contribution in [0.1, 0.15) is 150 Å². The first kappa shape index (κ1) is 43.1. The minimum atomic E-state index is -0.609. The van der Waals surface area contributed by atoms with Crippen molar-refractivity contribution in [1.29, 1.82) is 0 Å². The van der Waals surface area contributed by atoms with Crippen LogP contribution in [0.2, 0.25) is 0 Å². The normalized spacial score (nSPS) is 29.4. The van der Waals surface area contributed by atoms with Gasteiger partial charge in [0.25, 0.3) is 0 Å². The fourth-order valence-electron chi connectivity index (χ4n) is 7.66. The highest BCUT2D eigenvalue weighted by Gasteiger charge is 2.48. The van der Waals surface area contributed by atoms with Crippen LogP contribution in [0.5, 0.6) is 0 Å². The highest BCUT2D eigenvalue weighted by atomic mass is 16.6. The summed E-state index contributed by atoms with van der Waals surface area (Å²) in [6.45, 7) is 13.4. The molecule has 13 nitrogen and oxygen atoms in total. The largest absolute Gasteiger partial charge is 0.460 e. The van der Waals surface area contributed by atoms with E-state index in [1.165, 1.54) is 0 Å². The van der Waals surface area contributed by atoms with Gasteiger partial charge in [0.05, 0.1) is 69.2 Å². The van der Waals surface area contributed by atoms with Crippen molar-refractivity contribution in [3.8, 4) is 0 Å². The number of hydrogen-bond acceptors (Lipinski definition) is 10. The molecule has 13 heteroatoms. The van der Waals surface area contributed by atoms with Crippen molar-refractivity contribution in [3.05, 3.63) is 0 Å². The van der Waals surface area contributed by atoms with Crippen LogP contribution in [-0.4, -0.2) is 96.4 Å². The Balaban J connectivity index is 0.000000277. The lowest BCUT2D eigenvalue weighted by molar-refractivity contribution is -0.181. The second-order valence-corrected chi connectivity index (χ2v) is 16.2. The maximum Gasteiger partial charge on any atom is 0.308 e. The summed E-state index contributed by atoms with van der Waals surface area (Å²) in [5.74, 6) is -0.719. The van der Waals surface area contributed by atoms with Crippen LogP contribution < -0.4 is 16.1 Å². The van der Waals surface area contributed by atoms with Crippen molar-refractivity contribution in [1.82, 2.24) is 16.1 Å². The predicted octanol–water partition coefficient (Wildman–Crippen LogP) is 5.19. The van der Waals surface area contributed by atoms with E-state index >= 15 is 0 Å². The number of esters is 1. The molecule has 4 N–H and O–H groups in total. The zero-order valence-corrected chi connectivity index (χ0v) is 32.1. The van der Waals surface area contributed by atoms with Gasteiger partial charge in [0.15, 0.2) is 0 Å². The number of unbranched alkanes of at least 4 members (excludes halogenated alkanes) is 4. The van der Waals surface area contributed by atoms with E-state index < -0.39 is 22.6 Å². The maximum absolute atomic E-state index is 12.5. The first-order valence-corrected chi connectivity index (χ1v) is 19.4. The second-order valence-electron chi connectivity index (χ2n) is 16.2. The highest BCUT2D eigenvalue weighted by molar-refractivity contribution is 5.80. The van der Waals surface area contributed by atoms with E-state index in [1.807, 2.05) is 20.8 Å². The lowest BCUT2D eigenvalue weighted by atomic mass is 9.72. The van der Waals surface area contributed by atoms with Crippen LogP contribution in [-0.2, 0) is 42.9 Å². The Hall–Kier alpha value is -2.32. The lowest BCUT2D eigenvalue weighted by Gasteiger charge is -2.47. The van der Waals surface area contributed by atoms with E-state index in [0.717, 1.165) is 64.2 Å². The van der Waals surface area contributed by atoms with Crippen molar-refractivity contribution >= 4 is 23.7 Å². The van der Waals surface area contributed by atoms with Gasteiger partial charge in [-0.2, -0.15) is 0 Å².